The predicted octanol–water partition coefficient (Wildman–Crippen LogP) is 3.76. The second kappa shape index (κ2) is 7.24. The number of H-pyrrole nitrogens is 1. The van der Waals surface area contributed by atoms with Gasteiger partial charge in [-0.25, -0.2) is 9.78 Å². The van der Waals surface area contributed by atoms with E-state index in [0.717, 1.165) is 50.1 Å². The Morgan fingerprint density at radius 1 is 1.07 bits per heavy atom. The van der Waals surface area contributed by atoms with Crippen molar-refractivity contribution in [2.24, 2.45) is 0 Å². The number of pyridine rings is 1. The van der Waals surface area contributed by atoms with Gasteiger partial charge in [0.15, 0.2) is 5.65 Å². The fraction of sp³-hybridized carbons (Fsp3) is 0.304. The molecule has 2 aromatic heterocycles. The fourth-order valence-electron chi connectivity index (χ4n) is 4.42. The van der Waals surface area contributed by atoms with Crippen LogP contribution in [0.3, 0.4) is 0 Å². The minimum atomic E-state index is -0.0462. The second-order valence-electron chi connectivity index (χ2n) is 7.70. The Kier molecular flexibility index (Phi) is 4.45. The van der Waals surface area contributed by atoms with Crippen LogP contribution in [-0.2, 0) is 6.42 Å². The van der Waals surface area contributed by atoms with Gasteiger partial charge in [-0.1, -0.05) is 42.5 Å². The van der Waals surface area contributed by atoms with E-state index in [1.54, 1.807) is 6.20 Å². The summed E-state index contributed by atoms with van der Waals surface area (Å²) in [6.07, 6.45) is 4.91. The highest BCUT2D eigenvalue weighted by Gasteiger charge is 2.24. The number of aromatic nitrogens is 3. The molecule has 0 saturated carbocycles. The number of aromatic amines is 1. The first kappa shape index (κ1) is 17.2. The van der Waals surface area contributed by atoms with Crippen molar-refractivity contribution in [3.63, 3.8) is 0 Å². The van der Waals surface area contributed by atoms with Crippen molar-refractivity contribution in [2.45, 2.75) is 25.3 Å². The highest BCUT2D eigenvalue weighted by molar-refractivity contribution is 5.83. The van der Waals surface area contributed by atoms with Crippen molar-refractivity contribution in [3.8, 4) is 0 Å². The maximum Gasteiger partial charge on any atom is 0.327 e. The number of nitrogens with one attached hydrogen (secondary N) is 1. The van der Waals surface area contributed by atoms with Gasteiger partial charge in [0.1, 0.15) is 0 Å². The van der Waals surface area contributed by atoms with Gasteiger partial charge < -0.3 is 9.88 Å². The highest BCUT2D eigenvalue weighted by atomic mass is 16.1. The molecular weight excluding hydrogens is 348 g/mol. The molecule has 5 nitrogen and oxygen atoms in total. The maximum atomic E-state index is 12.5. The minimum absolute atomic E-state index is 0.0462. The monoisotopic (exact) mass is 372 g/mol. The SMILES string of the molecule is O=c1[nH]c2cccnc2n1C1CCCN(CCc2ccc3ccccc3c2)C1. The smallest absolute Gasteiger partial charge is 0.304 e. The first-order valence-electron chi connectivity index (χ1n) is 10.0. The molecule has 3 heterocycles. The molecule has 5 rings (SSSR count). The largest absolute Gasteiger partial charge is 0.327 e. The van der Waals surface area contributed by atoms with Crippen LogP contribution in [0.5, 0.6) is 0 Å². The lowest BCUT2D eigenvalue weighted by atomic mass is 10.0. The fourth-order valence-corrected chi connectivity index (χ4v) is 4.42. The molecule has 0 aliphatic carbocycles. The van der Waals surface area contributed by atoms with Gasteiger partial charge in [-0.15, -0.1) is 0 Å². The molecule has 1 aliphatic rings. The van der Waals surface area contributed by atoms with E-state index >= 15 is 0 Å². The number of fused-ring (bicyclic) bond motifs is 2. The Labute approximate surface area is 163 Å². The molecule has 1 saturated heterocycles. The standard InChI is InChI=1S/C23H24N4O/c28-23-25-21-8-3-12-24-22(21)27(23)20-7-4-13-26(16-20)14-11-17-9-10-18-5-1-2-6-19(18)15-17/h1-3,5-6,8-10,12,15,20H,4,7,11,13-14,16H2,(H,25,28). The molecule has 1 N–H and O–H groups in total. The number of nitrogens with zero attached hydrogens (tertiary/aromatic N) is 3. The van der Waals surface area contributed by atoms with E-state index in [-0.39, 0.29) is 11.7 Å². The molecule has 1 fully saturated rings. The third-order valence-electron chi connectivity index (χ3n) is 5.85. The third-order valence-corrected chi connectivity index (χ3v) is 5.85. The van der Waals surface area contributed by atoms with Crippen molar-refractivity contribution in [1.82, 2.24) is 19.4 Å². The van der Waals surface area contributed by atoms with Crippen LogP contribution < -0.4 is 5.69 Å². The lowest BCUT2D eigenvalue weighted by molar-refractivity contribution is 0.179. The molecule has 142 valence electrons. The third kappa shape index (κ3) is 3.22. The summed E-state index contributed by atoms with van der Waals surface area (Å²) in [5.41, 5.74) is 2.91. The molecule has 28 heavy (non-hydrogen) atoms. The number of hydrogen-bond donors (Lipinski definition) is 1. The summed E-state index contributed by atoms with van der Waals surface area (Å²) in [5.74, 6) is 0. The molecule has 2 aromatic carbocycles. The lowest BCUT2D eigenvalue weighted by Crippen LogP contribution is -2.40. The number of hydrogen-bond acceptors (Lipinski definition) is 3. The quantitative estimate of drug-likeness (QED) is 0.593. The van der Waals surface area contributed by atoms with Crippen LogP contribution in [0.2, 0.25) is 0 Å². The topological polar surface area (TPSA) is 53.9 Å². The van der Waals surface area contributed by atoms with E-state index < -0.39 is 0 Å². The summed E-state index contributed by atoms with van der Waals surface area (Å²) in [6.45, 7) is 3.00. The molecule has 0 bridgehead atoms. The van der Waals surface area contributed by atoms with Gasteiger partial charge in [-0.3, -0.25) is 4.57 Å². The van der Waals surface area contributed by atoms with Crippen LogP contribution in [0.15, 0.2) is 65.6 Å². The number of piperidine rings is 1. The van der Waals surface area contributed by atoms with Gasteiger partial charge in [0.05, 0.1) is 11.6 Å². The van der Waals surface area contributed by atoms with Crippen molar-refractivity contribution in [3.05, 3.63) is 76.8 Å². The molecule has 0 amide bonds. The number of rotatable bonds is 4. The first-order valence-corrected chi connectivity index (χ1v) is 10.0. The van der Waals surface area contributed by atoms with Crippen molar-refractivity contribution >= 4 is 21.9 Å². The van der Waals surface area contributed by atoms with Gasteiger partial charge >= 0.3 is 5.69 Å². The van der Waals surface area contributed by atoms with Crippen molar-refractivity contribution in [2.75, 3.05) is 19.6 Å². The van der Waals surface area contributed by atoms with Gasteiger partial charge in [0.2, 0.25) is 0 Å². The average molecular weight is 372 g/mol. The second-order valence-corrected chi connectivity index (χ2v) is 7.70. The zero-order valence-corrected chi connectivity index (χ0v) is 15.8. The number of imidazole rings is 1. The van der Waals surface area contributed by atoms with Crippen LogP contribution in [0.1, 0.15) is 24.4 Å². The van der Waals surface area contributed by atoms with Crippen LogP contribution in [0, 0.1) is 0 Å². The Morgan fingerprint density at radius 3 is 2.89 bits per heavy atom. The summed E-state index contributed by atoms with van der Waals surface area (Å²) in [7, 11) is 0. The zero-order chi connectivity index (χ0) is 18.9. The first-order chi connectivity index (χ1) is 13.8. The van der Waals surface area contributed by atoms with E-state index in [9.17, 15) is 4.79 Å². The molecule has 0 spiro atoms. The van der Waals surface area contributed by atoms with Crippen molar-refractivity contribution in [1.29, 1.82) is 0 Å². The molecule has 5 heteroatoms. The van der Waals surface area contributed by atoms with Crippen LogP contribution >= 0.6 is 0 Å². The highest BCUT2D eigenvalue weighted by Crippen LogP contribution is 2.23. The molecule has 4 aromatic rings. The molecule has 1 aliphatic heterocycles. The van der Waals surface area contributed by atoms with E-state index in [4.69, 9.17) is 0 Å². The van der Waals surface area contributed by atoms with Gasteiger partial charge in [-0.05, 0) is 54.3 Å². The summed E-state index contributed by atoms with van der Waals surface area (Å²) in [5, 5.41) is 2.59. The molecule has 1 unspecified atom stereocenters. The Hall–Kier alpha value is -2.92. The van der Waals surface area contributed by atoms with Crippen LogP contribution in [-0.4, -0.2) is 39.1 Å². The summed E-state index contributed by atoms with van der Waals surface area (Å²) >= 11 is 0. The lowest BCUT2D eigenvalue weighted by Gasteiger charge is -2.33. The van der Waals surface area contributed by atoms with E-state index in [0.29, 0.717) is 0 Å². The Morgan fingerprint density at radius 2 is 1.96 bits per heavy atom. The minimum Gasteiger partial charge on any atom is -0.304 e. The van der Waals surface area contributed by atoms with Gasteiger partial charge in [0.25, 0.3) is 0 Å². The van der Waals surface area contributed by atoms with Crippen LogP contribution in [0.4, 0.5) is 0 Å². The zero-order valence-electron chi connectivity index (χ0n) is 15.8. The maximum absolute atomic E-state index is 12.5. The van der Waals surface area contributed by atoms with Crippen molar-refractivity contribution < 1.29 is 0 Å². The van der Waals surface area contributed by atoms with E-state index in [2.05, 4.69) is 57.3 Å². The van der Waals surface area contributed by atoms with E-state index in [1.807, 2.05) is 16.7 Å². The summed E-state index contributed by atoms with van der Waals surface area (Å²) in [6, 6.07) is 19.2. The molecule has 1 atom stereocenters. The van der Waals surface area contributed by atoms with Gasteiger partial charge in [0, 0.05) is 19.3 Å². The Bertz CT molecular complexity index is 1180. The van der Waals surface area contributed by atoms with E-state index in [1.165, 1.54) is 16.3 Å². The predicted molar refractivity (Wildman–Crippen MR) is 113 cm³/mol. The summed E-state index contributed by atoms with van der Waals surface area (Å²) < 4.78 is 1.86. The number of benzene rings is 2. The number of likely N-dealkylation sites (tertiary alicyclic amines) is 1. The summed E-state index contributed by atoms with van der Waals surface area (Å²) in [4.78, 5) is 22.4. The molecular formula is C23H24N4O. The average Bonchev–Trinajstić information content (AvgIpc) is 3.08. The normalized spacial score (nSPS) is 18.1. The van der Waals surface area contributed by atoms with Gasteiger partial charge in [-0.2, -0.15) is 0 Å². The Balaban J connectivity index is 1.31. The van der Waals surface area contributed by atoms with Crippen LogP contribution in [0.25, 0.3) is 21.9 Å². The molecule has 0 radical (unpaired) electrons.